The van der Waals surface area contributed by atoms with E-state index in [0.717, 1.165) is 0 Å². The number of methoxy groups -OCH3 is 1. The molecule has 0 heterocycles. The minimum atomic E-state index is -1.06. The van der Waals surface area contributed by atoms with Crippen LogP contribution in [-0.4, -0.2) is 24.0 Å². The highest BCUT2D eigenvalue weighted by atomic mass is 16.5. The largest absolute Gasteiger partial charge is 0.496 e. The van der Waals surface area contributed by atoms with Crippen LogP contribution in [0, 0.1) is 5.41 Å². The molecule has 1 aromatic rings. The molecule has 0 saturated heterocycles. The molecule has 0 unspecified atom stereocenters. The van der Waals surface area contributed by atoms with Crippen LogP contribution in [0.2, 0.25) is 0 Å². The monoisotopic (exact) mass is 236 g/mol. The summed E-state index contributed by atoms with van der Waals surface area (Å²) in [6, 6.07) is 4.28. The lowest BCUT2D eigenvalue weighted by molar-refractivity contribution is 0.0697. The average molecular weight is 236 g/mol. The molecule has 1 N–H and O–H groups in total. The Bertz CT molecular complexity index is 455. The quantitative estimate of drug-likeness (QED) is 0.819. The molecule has 4 nitrogen and oxygen atoms in total. The summed E-state index contributed by atoms with van der Waals surface area (Å²) >= 11 is 0. The molecule has 0 atom stereocenters. The van der Waals surface area contributed by atoms with E-state index in [0.29, 0.717) is 11.3 Å². The molecule has 0 radical (unpaired) electrons. The van der Waals surface area contributed by atoms with Crippen LogP contribution in [0.25, 0.3) is 0 Å². The number of carboxylic acids is 1. The smallest absolute Gasteiger partial charge is 0.335 e. The molecule has 1 rings (SSSR count). The van der Waals surface area contributed by atoms with Gasteiger partial charge in [-0.1, -0.05) is 20.8 Å². The highest BCUT2D eigenvalue weighted by Crippen LogP contribution is 2.28. The van der Waals surface area contributed by atoms with E-state index < -0.39 is 11.4 Å². The number of rotatable bonds is 3. The molecule has 0 spiro atoms. The topological polar surface area (TPSA) is 63.6 Å². The minimum Gasteiger partial charge on any atom is -0.496 e. The number of ketones is 1. The van der Waals surface area contributed by atoms with Gasteiger partial charge in [-0.25, -0.2) is 4.79 Å². The Morgan fingerprint density at radius 2 is 1.82 bits per heavy atom. The Labute approximate surface area is 100 Å². The maximum atomic E-state index is 12.1. The molecule has 0 amide bonds. The van der Waals surface area contributed by atoms with Crippen molar-refractivity contribution in [1.29, 1.82) is 0 Å². The fourth-order valence-corrected chi connectivity index (χ4v) is 1.42. The predicted octanol–water partition coefficient (Wildman–Crippen LogP) is 2.62. The van der Waals surface area contributed by atoms with Crippen LogP contribution in [0.1, 0.15) is 41.5 Å². The van der Waals surface area contributed by atoms with E-state index in [1.165, 1.54) is 25.3 Å². The van der Waals surface area contributed by atoms with Crippen molar-refractivity contribution in [3.8, 4) is 5.75 Å². The van der Waals surface area contributed by atoms with Crippen molar-refractivity contribution in [2.24, 2.45) is 5.41 Å². The first-order valence-corrected chi connectivity index (χ1v) is 5.23. The van der Waals surface area contributed by atoms with Gasteiger partial charge >= 0.3 is 5.97 Å². The van der Waals surface area contributed by atoms with E-state index in [1.807, 2.05) is 0 Å². The van der Waals surface area contributed by atoms with Crippen LogP contribution < -0.4 is 4.74 Å². The molecule has 0 aliphatic heterocycles. The second-order valence-corrected chi connectivity index (χ2v) is 4.80. The molecule has 0 aliphatic rings. The van der Waals surface area contributed by atoms with Gasteiger partial charge in [-0.15, -0.1) is 0 Å². The van der Waals surface area contributed by atoms with Crippen LogP contribution in [0.15, 0.2) is 18.2 Å². The van der Waals surface area contributed by atoms with Gasteiger partial charge in [-0.05, 0) is 18.2 Å². The van der Waals surface area contributed by atoms with E-state index in [4.69, 9.17) is 9.84 Å². The molecular weight excluding hydrogens is 220 g/mol. The summed E-state index contributed by atoms with van der Waals surface area (Å²) in [4.78, 5) is 23.0. The average Bonchev–Trinajstić information content (AvgIpc) is 2.25. The lowest BCUT2D eigenvalue weighted by Crippen LogP contribution is -2.21. The standard InChI is InChI=1S/C13H16O4/c1-13(2,3)11(14)9-7-8(12(15)16)5-6-10(9)17-4/h5-7H,1-4H3,(H,15,16). The Morgan fingerprint density at radius 1 is 1.24 bits per heavy atom. The van der Waals surface area contributed by atoms with Crippen LogP contribution >= 0.6 is 0 Å². The molecule has 17 heavy (non-hydrogen) atoms. The maximum absolute atomic E-state index is 12.1. The number of hydrogen-bond donors (Lipinski definition) is 1. The van der Waals surface area contributed by atoms with Crippen molar-refractivity contribution in [1.82, 2.24) is 0 Å². The van der Waals surface area contributed by atoms with Crippen molar-refractivity contribution in [2.45, 2.75) is 20.8 Å². The number of aromatic carboxylic acids is 1. The molecule has 0 aromatic heterocycles. The SMILES string of the molecule is COc1ccc(C(=O)O)cc1C(=O)C(C)(C)C. The summed E-state index contributed by atoms with van der Waals surface area (Å²) in [7, 11) is 1.45. The summed E-state index contributed by atoms with van der Waals surface area (Å²) in [6.45, 7) is 5.34. The van der Waals surface area contributed by atoms with Crippen molar-refractivity contribution < 1.29 is 19.4 Å². The van der Waals surface area contributed by atoms with Gasteiger partial charge in [0.15, 0.2) is 5.78 Å². The summed E-state index contributed by atoms with van der Waals surface area (Å²) in [6.07, 6.45) is 0. The van der Waals surface area contributed by atoms with Gasteiger partial charge in [0.25, 0.3) is 0 Å². The van der Waals surface area contributed by atoms with Crippen LogP contribution in [0.4, 0.5) is 0 Å². The van der Waals surface area contributed by atoms with E-state index in [2.05, 4.69) is 0 Å². The summed E-state index contributed by atoms with van der Waals surface area (Å²) in [5, 5.41) is 8.91. The van der Waals surface area contributed by atoms with E-state index in [1.54, 1.807) is 20.8 Å². The fraction of sp³-hybridized carbons (Fsp3) is 0.385. The van der Waals surface area contributed by atoms with Gasteiger partial charge in [-0.3, -0.25) is 4.79 Å². The Balaban J connectivity index is 3.33. The predicted molar refractivity (Wildman–Crippen MR) is 63.7 cm³/mol. The van der Waals surface area contributed by atoms with Gasteiger partial charge < -0.3 is 9.84 Å². The Morgan fingerprint density at radius 3 is 2.24 bits per heavy atom. The third-order valence-electron chi connectivity index (χ3n) is 2.37. The molecule has 0 bridgehead atoms. The highest BCUT2D eigenvalue weighted by molar-refractivity contribution is 6.04. The first-order chi connectivity index (χ1) is 7.77. The Hall–Kier alpha value is -1.84. The number of benzene rings is 1. The zero-order chi connectivity index (χ0) is 13.2. The number of carbonyl (C=O) groups excluding carboxylic acids is 1. The normalized spacial score (nSPS) is 11.1. The summed E-state index contributed by atoms with van der Waals surface area (Å²) < 4.78 is 5.08. The number of hydrogen-bond acceptors (Lipinski definition) is 3. The van der Waals surface area contributed by atoms with Gasteiger partial charge in [0.2, 0.25) is 0 Å². The van der Waals surface area contributed by atoms with Crippen LogP contribution in [0.5, 0.6) is 5.75 Å². The van der Waals surface area contributed by atoms with Gasteiger partial charge in [0.05, 0.1) is 18.2 Å². The van der Waals surface area contributed by atoms with Crippen molar-refractivity contribution in [2.75, 3.05) is 7.11 Å². The summed E-state index contributed by atoms with van der Waals surface area (Å²) in [5.74, 6) is -0.803. The molecular formula is C13H16O4. The molecule has 1 aromatic carbocycles. The molecule has 0 fully saturated rings. The van der Waals surface area contributed by atoms with Gasteiger partial charge in [0.1, 0.15) is 5.75 Å². The molecule has 0 aliphatic carbocycles. The first-order valence-electron chi connectivity index (χ1n) is 5.23. The molecule has 92 valence electrons. The molecule has 0 saturated carbocycles. The van der Waals surface area contributed by atoms with Gasteiger partial charge in [-0.2, -0.15) is 0 Å². The van der Waals surface area contributed by atoms with E-state index >= 15 is 0 Å². The maximum Gasteiger partial charge on any atom is 0.335 e. The fourth-order valence-electron chi connectivity index (χ4n) is 1.42. The molecule has 4 heteroatoms. The second kappa shape index (κ2) is 4.57. The van der Waals surface area contributed by atoms with Crippen molar-refractivity contribution in [3.63, 3.8) is 0 Å². The van der Waals surface area contributed by atoms with Crippen molar-refractivity contribution >= 4 is 11.8 Å². The number of carboxylic acid groups (broad SMARTS) is 1. The zero-order valence-corrected chi connectivity index (χ0v) is 10.4. The highest BCUT2D eigenvalue weighted by Gasteiger charge is 2.26. The van der Waals surface area contributed by atoms with Crippen LogP contribution in [-0.2, 0) is 0 Å². The second-order valence-electron chi connectivity index (χ2n) is 4.80. The van der Waals surface area contributed by atoms with Crippen molar-refractivity contribution in [3.05, 3.63) is 29.3 Å². The van der Waals surface area contributed by atoms with E-state index in [9.17, 15) is 9.59 Å². The zero-order valence-electron chi connectivity index (χ0n) is 10.4. The van der Waals surface area contributed by atoms with E-state index in [-0.39, 0.29) is 11.3 Å². The van der Waals surface area contributed by atoms with Crippen LogP contribution in [0.3, 0.4) is 0 Å². The third kappa shape index (κ3) is 2.84. The third-order valence-corrected chi connectivity index (χ3v) is 2.37. The minimum absolute atomic E-state index is 0.0819. The Kier molecular flexibility index (Phi) is 3.56. The number of Topliss-reactive ketones (excluding diaryl/α,β-unsaturated/α-hetero) is 1. The van der Waals surface area contributed by atoms with Gasteiger partial charge in [0, 0.05) is 5.41 Å². The number of carbonyl (C=O) groups is 2. The lowest BCUT2D eigenvalue weighted by atomic mass is 9.85. The number of ether oxygens (including phenoxy) is 1. The first kappa shape index (κ1) is 13.2. The summed E-state index contributed by atoms with van der Waals surface area (Å²) in [5.41, 5.74) is -0.192. The lowest BCUT2D eigenvalue weighted by Gasteiger charge is -2.18.